The summed E-state index contributed by atoms with van der Waals surface area (Å²) in [5.41, 5.74) is 0. The van der Waals surface area contributed by atoms with Gasteiger partial charge in [-0.05, 0) is 135 Å². The average molecular weight is 1070 g/mol. The molecule has 0 radical (unpaired) electrons. The van der Waals surface area contributed by atoms with Gasteiger partial charge in [0.1, 0.15) is 13.2 Å². The van der Waals surface area contributed by atoms with Crippen LogP contribution >= 0.6 is 0 Å². The first-order chi connectivity index (χ1) is 38.0. The van der Waals surface area contributed by atoms with E-state index in [0.717, 1.165) is 116 Å². The highest BCUT2D eigenvalue weighted by Crippen LogP contribution is 2.14. The van der Waals surface area contributed by atoms with E-state index in [4.69, 9.17) is 14.2 Å². The number of hydrogen-bond acceptors (Lipinski definition) is 6. The zero-order valence-corrected chi connectivity index (χ0v) is 49.9. The summed E-state index contributed by atoms with van der Waals surface area (Å²) < 4.78 is 16.9. The molecule has 0 aromatic rings. The van der Waals surface area contributed by atoms with Gasteiger partial charge in [-0.15, -0.1) is 0 Å². The smallest absolute Gasteiger partial charge is 0.306 e. The number of allylic oxidation sites excluding steroid dienone is 22. The SMILES string of the molecule is CC/C=C\C/C=C\C/C=C\C/C=C\C/C=C\C/C=C\C/C=C\CCCC(=O)OCC(COC(=O)CCCCCCCCC/C=C\CCCCCCCC)OC(=O)CCCCCCCC/C=C\C/C=C\C/C=C\CCCCC. The lowest BCUT2D eigenvalue weighted by Gasteiger charge is -2.18. The summed E-state index contributed by atoms with van der Waals surface area (Å²) in [5, 5.41) is 0. The van der Waals surface area contributed by atoms with Crippen LogP contribution in [-0.4, -0.2) is 37.2 Å². The number of rotatable bonds is 56. The highest BCUT2D eigenvalue weighted by molar-refractivity contribution is 5.71. The van der Waals surface area contributed by atoms with Crippen molar-refractivity contribution < 1.29 is 28.6 Å². The van der Waals surface area contributed by atoms with Gasteiger partial charge in [0.05, 0.1) is 0 Å². The summed E-state index contributed by atoms with van der Waals surface area (Å²) >= 11 is 0. The van der Waals surface area contributed by atoms with Crippen LogP contribution in [0.4, 0.5) is 0 Å². The molecule has 6 nitrogen and oxygen atoms in total. The molecule has 0 N–H and O–H groups in total. The van der Waals surface area contributed by atoms with Crippen LogP contribution in [0.3, 0.4) is 0 Å². The highest BCUT2D eigenvalue weighted by Gasteiger charge is 2.19. The largest absolute Gasteiger partial charge is 0.462 e. The first-order valence-electron chi connectivity index (χ1n) is 31.7. The molecule has 1 atom stereocenters. The molecule has 77 heavy (non-hydrogen) atoms. The molecular weight excluding hydrogens is 949 g/mol. The lowest BCUT2D eigenvalue weighted by molar-refractivity contribution is -0.167. The standard InChI is InChI=1S/C71H116O6/c1-4-7-10-13-16-19-22-25-28-31-33-34-35-36-38-40-43-46-49-52-55-58-61-64-70(73)76-67-68(66-75-69(72)63-60-57-54-51-48-45-42-39-30-27-24-21-18-15-12-9-6-3)77-71(74)65-62-59-56-53-50-47-44-41-37-32-29-26-23-20-17-14-11-8-5-2/h7,10,16-17,19-20,25-30,33-34,36-38,41,43,46,52,55,68H,4-6,8-9,11-15,18,21-24,31-32,35,39-40,42,44-45,47-51,53-54,56-67H2,1-3H3/b10-7-,19-16-,20-17-,28-25-,29-26-,30-27-,34-33-,38-36-,41-37-,46-43-,55-52-. The predicted octanol–water partition coefficient (Wildman–Crippen LogP) is 21.8. The van der Waals surface area contributed by atoms with Gasteiger partial charge >= 0.3 is 17.9 Å². The first-order valence-corrected chi connectivity index (χ1v) is 31.7. The minimum absolute atomic E-state index is 0.107. The summed E-state index contributed by atoms with van der Waals surface area (Å²) in [6.45, 7) is 6.44. The summed E-state index contributed by atoms with van der Waals surface area (Å²) in [4.78, 5) is 38.3. The van der Waals surface area contributed by atoms with E-state index in [2.05, 4.69) is 154 Å². The summed E-state index contributed by atoms with van der Waals surface area (Å²) in [7, 11) is 0. The van der Waals surface area contributed by atoms with Crippen molar-refractivity contribution in [2.75, 3.05) is 13.2 Å². The maximum absolute atomic E-state index is 12.9. The number of carbonyl (C=O) groups is 3. The number of esters is 3. The van der Waals surface area contributed by atoms with Gasteiger partial charge < -0.3 is 14.2 Å². The van der Waals surface area contributed by atoms with Crippen LogP contribution in [0.1, 0.15) is 278 Å². The maximum Gasteiger partial charge on any atom is 0.306 e. The Kier molecular flexibility index (Phi) is 60.4. The molecule has 0 aromatic carbocycles. The number of unbranched alkanes of at least 4 members (excludes halogenated alkanes) is 23. The van der Waals surface area contributed by atoms with Crippen LogP contribution in [0.2, 0.25) is 0 Å². The van der Waals surface area contributed by atoms with Crippen molar-refractivity contribution in [2.45, 2.75) is 284 Å². The molecule has 0 saturated carbocycles. The molecule has 0 aliphatic heterocycles. The normalized spacial score (nSPS) is 13.0. The number of hydrogen-bond donors (Lipinski definition) is 0. The van der Waals surface area contributed by atoms with Crippen molar-refractivity contribution in [3.05, 3.63) is 134 Å². The lowest BCUT2D eigenvalue weighted by Crippen LogP contribution is -2.30. The zero-order chi connectivity index (χ0) is 55.7. The second-order valence-corrected chi connectivity index (χ2v) is 20.6. The van der Waals surface area contributed by atoms with Crippen LogP contribution < -0.4 is 0 Å². The Labute approximate surface area is 475 Å². The average Bonchev–Trinajstić information content (AvgIpc) is 3.43. The minimum Gasteiger partial charge on any atom is -0.462 e. The van der Waals surface area contributed by atoms with Gasteiger partial charge in [0.2, 0.25) is 0 Å². The number of ether oxygens (including phenoxy) is 3. The Morgan fingerprint density at radius 3 is 0.883 bits per heavy atom. The topological polar surface area (TPSA) is 78.9 Å². The fourth-order valence-corrected chi connectivity index (χ4v) is 8.37. The summed E-state index contributed by atoms with van der Waals surface area (Å²) in [5.74, 6) is -0.985. The molecule has 0 rings (SSSR count). The van der Waals surface area contributed by atoms with Crippen LogP contribution in [0.15, 0.2) is 134 Å². The van der Waals surface area contributed by atoms with Gasteiger partial charge in [-0.25, -0.2) is 0 Å². The summed E-state index contributed by atoms with van der Waals surface area (Å²) in [6, 6.07) is 0. The number of carbonyl (C=O) groups excluding carboxylic acids is 3. The third-order valence-corrected chi connectivity index (χ3v) is 13.1. The van der Waals surface area contributed by atoms with Crippen LogP contribution in [-0.2, 0) is 28.6 Å². The maximum atomic E-state index is 12.9. The van der Waals surface area contributed by atoms with Crippen molar-refractivity contribution in [3.8, 4) is 0 Å². The molecule has 0 fully saturated rings. The monoisotopic (exact) mass is 1060 g/mol. The van der Waals surface area contributed by atoms with Gasteiger partial charge in [-0.1, -0.05) is 257 Å². The zero-order valence-electron chi connectivity index (χ0n) is 49.9. The van der Waals surface area contributed by atoms with Crippen molar-refractivity contribution in [2.24, 2.45) is 0 Å². The quantitative estimate of drug-likeness (QED) is 0.0261. The van der Waals surface area contributed by atoms with Gasteiger partial charge in [0.15, 0.2) is 6.10 Å². The molecule has 436 valence electrons. The highest BCUT2D eigenvalue weighted by atomic mass is 16.6. The van der Waals surface area contributed by atoms with Crippen LogP contribution in [0, 0.1) is 0 Å². The predicted molar refractivity (Wildman–Crippen MR) is 334 cm³/mol. The van der Waals surface area contributed by atoms with E-state index in [9.17, 15) is 14.4 Å². The van der Waals surface area contributed by atoms with E-state index in [1.54, 1.807) is 0 Å². The van der Waals surface area contributed by atoms with Crippen LogP contribution in [0.25, 0.3) is 0 Å². The summed E-state index contributed by atoms with van der Waals surface area (Å²) in [6.07, 6.45) is 90.2. The lowest BCUT2D eigenvalue weighted by atomic mass is 10.1. The Balaban J connectivity index is 4.53. The van der Waals surface area contributed by atoms with E-state index in [1.807, 2.05) is 0 Å². The molecule has 6 heteroatoms. The fraction of sp³-hybridized carbons (Fsp3) is 0.648. The second-order valence-electron chi connectivity index (χ2n) is 20.6. The molecule has 0 spiro atoms. The molecule has 0 saturated heterocycles. The van der Waals surface area contributed by atoms with Gasteiger partial charge in [-0.3, -0.25) is 14.4 Å². The van der Waals surface area contributed by atoms with E-state index in [1.165, 1.54) is 116 Å². The van der Waals surface area contributed by atoms with Crippen molar-refractivity contribution in [1.29, 1.82) is 0 Å². The molecular formula is C71H116O6. The molecule has 0 bridgehead atoms. The van der Waals surface area contributed by atoms with Gasteiger partial charge in [-0.2, -0.15) is 0 Å². The Bertz CT molecular complexity index is 1650. The fourth-order valence-electron chi connectivity index (χ4n) is 8.37. The van der Waals surface area contributed by atoms with E-state index in [0.29, 0.717) is 19.3 Å². The molecule has 0 aliphatic carbocycles. The second kappa shape index (κ2) is 64.1. The molecule has 0 aliphatic rings. The Morgan fingerprint density at radius 2 is 0.519 bits per heavy atom. The van der Waals surface area contributed by atoms with E-state index >= 15 is 0 Å². The molecule has 0 amide bonds. The molecule has 0 heterocycles. The Morgan fingerprint density at radius 1 is 0.273 bits per heavy atom. The van der Waals surface area contributed by atoms with E-state index < -0.39 is 6.10 Å². The molecule has 1 unspecified atom stereocenters. The molecule has 0 aromatic heterocycles. The van der Waals surface area contributed by atoms with Crippen molar-refractivity contribution in [1.82, 2.24) is 0 Å². The van der Waals surface area contributed by atoms with Gasteiger partial charge in [0.25, 0.3) is 0 Å². The van der Waals surface area contributed by atoms with Crippen LogP contribution in [0.5, 0.6) is 0 Å². The Hall–Kier alpha value is -4.45. The third-order valence-electron chi connectivity index (χ3n) is 13.1. The van der Waals surface area contributed by atoms with Crippen molar-refractivity contribution >= 4 is 17.9 Å². The van der Waals surface area contributed by atoms with Crippen molar-refractivity contribution in [3.63, 3.8) is 0 Å². The van der Waals surface area contributed by atoms with Gasteiger partial charge in [0, 0.05) is 19.3 Å². The minimum atomic E-state index is -0.817. The third kappa shape index (κ3) is 62.3. The van der Waals surface area contributed by atoms with E-state index in [-0.39, 0.29) is 37.5 Å². The first kappa shape index (κ1) is 72.5.